The number of nitrogens with zero attached hydrogens (tertiary/aromatic N) is 1. The average molecular weight is 232 g/mol. The van der Waals surface area contributed by atoms with E-state index in [0.29, 0.717) is 12.1 Å². The van der Waals surface area contributed by atoms with E-state index in [-0.39, 0.29) is 5.91 Å². The molecule has 1 aromatic carbocycles. The van der Waals surface area contributed by atoms with Crippen LogP contribution < -0.4 is 10.6 Å². The van der Waals surface area contributed by atoms with E-state index < -0.39 is 0 Å². The van der Waals surface area contributed by atoms with Gasteiger partial charge in [-0.25, -0.2) is 4.98 Å². The number of nitrogens with one attached hydrogen (secondary N) is 3. The molecule has 1 aromatic heterocycles. The van der Waals surface area contributed by atoms with Gasteiger partial charge < -0.3 is 15.6 Å². The third-order valence-electron chi connectivity index (χ3n) is 2.52. The van der Waals surface area contributed by atoms with Gasteiger partial charge in [0.15, 0.2) is 0 Å². The summed E-state index contributed by atoms with van der Waals surface area (Å²) in [6, 6.07) is 5.43. The maximum absolute atomic E-state index is 11.8. The van der Waals surface area contributed by atoms with Crippen molar-refractivity contribution in [3.63, 3.8) is 0 Å². The maximum Gasteiger partial charge on any atom is 0.251 e. The molecule has 0 spiro atoms. The molecule has 2 aromatic rings. The number of aromatic nitrogens is 2. The number of likely N-dealkylation sites (N-methyl/N-ethyl adjacent to an activating group) is 1. The molecule has 3 N–H and O–H groups in total. The maximum atomic E-state index is 11.8. The second kappa shape index (κ2) is 5.45. The first-order valence-electron chi connectivity index (χ1n) is 5.73. The average Bonchev–Trinajstić information content (AvgIpc) is 2.81. The van der Waals surface area contributed by atoms with Crippen LogP contribution in [0, 0.1) is 0 Å². The van der Waals surface area contributed by atoms with Crippen molar-refractivity contribution in [2.45, 2.75) is 6.92 Å². The van der Waals surface area contributed by atoms with Crippen LogP contribution in [-0.2, 0) is 0 Å². The van der Waals surface area contributed by atoms with Gasteiger partial charge in [0, 0.05) is 18.7 Å². The summed E-state index contributed by atoms with van der Waals surface area (Å²) in [4.78, 5) is 18.9. The molecule has 1 amide bonds. The minimum absolute atomic E-state index is 0.0561. The monoisotopic (exact) mass is 232 g/mol. The van der Waals surface area contributed by atoms with E-state index in [1.165, 1.54) is 0 Å². The molecule has 0 saturated carbocycles. The van der Waals surface area contributed by atoms with Crippen LogP contribution in [0.5, 0.6) is 0 Å². The van der Waals surface area contributed by atoms with Gasteiger partial charge in [0.1, 0.15) is 0 Å². The van der Waals surface area contributed by atoms with Crippen LogP contribution in [0.25, 0.3) is 11.0 Å². The number of rotatable bonds is 5. The molecule has 0 bridgehead atoms. The number of carbonyl (C=O) groups excluding carboxylic acids is 1. The molecule has 17 heavy (non-hydrogen) atoms. The first-order chi connectivity index (χ1) is 8.31. The van der Waals surface area contributed by atoms with Crippen molar-refractivity contribution in [1.82, 2.24) is 20.6 Å². The Bertz CT molecular complexity index is 506. The van der Waals surface area contributed by atoms with Gasteiger partial charge in [0.25, 0.3) is 5.91 Å². The Hall–Kier alpha value is -1.88. The number of hydrogen-bond acceptors (Lipinski definition) is 3. The zero-order chi connectivity index (χ0) is 12.1. The van der Waals surface area contributed by atoms with E-state index in [4.69, 9.17) is 0 Å². The molecule has 2 rings (SSSR count). The molecule has 0 aliphatic rings. The molecule has 0 aliphatic carbocycles. The summed E-state index contributed by atoms with van der Waals surface area (Å²) < 4.78 is 0. The standard InChI is InChI=1S/C12H16N4O/c1-2-13-5-6-14-12(17)9-3-4-10-11(7-9)16-8-15-10/h3-4,7-8,13H,2,5-6H2,1H3,(H,14,17)(H,15,16). The Labute approximate surface area is 99.6 Å². The predicted octanol–water partition coefficient (Wildman–Crippen LogP) is 0.902. The van der Waals surface area contributed by atoms with Crippen LogP contribution in [0.15, 0.2) is 24.5 Å². The van der Waals surface area contributed by atoms with Gasteiger partial charge in [0.2, 0.25) is 0 Å². The van der Waals surface area contributed by atoms with Crippen molar-refractivity contribution in [1.29, 1.82) is 0 Å². The Morgan fingerprint density at radius 2 is 2.29 bits per heavy atom. The lowest BCUT2D eigenvalue weighted by Crippen LogP contribution is -2.31. The van der Waals surface area contributed by atoms with Crippen molar-refractivity contribution in [3.8, 4) is 0 Å². The van der Waals surface area contributed by atoms with Gasteiger partial charge in [-0.05, 0) is 24.7 Å². The van der Waals surface area contributed by atoms with Crippen LogP contribution in [0.4, 0.5) is 0 Å². The molecule has 0 atom stereocenters. The third kappa shape index (κ3) is 2.82. The van der Waals surface area contributed by atoms with Crippen LogP contribution in [-0.4, -0.2) is 35.5 Å². The molecule has 5 heteroatoms. The lowest BCUT2D eigenvalue weighted by molar-refractivity contribution is 0.0954. The molecule has 0 saturated heterocycles. The number of fused-ring (bicyclic) bond motifs is 1. The summed E-state index contributed by atoms with van der Waals surface area (Å²) in [6.45, 7) is 4.37. The van der Waals surface area contributed by atoms with Gasteiger partial charge in [-0.3, -0.25) is 4.79 Å². The minimum atomic E-state index is -0.0561. The van der Waals surface area contributed by atoms with Gasteiger partial charge in [-0.15, -0.1) is 0 Å². The SMILES string of the molecule is CCNCCNC(=O)c1ccc2nc[nH]c2c1. The van der Waals surface area contributed by atoms with Gasteiger partial charge in [-0.1, -0.05) is 6.92 Å². The van der Waals surface area contributed by atoms with Crippen molar-refractivity contribution >= 4 is 16.9 Å². The lowest BCUT2D eigenvalue weighted by Gasteiger charge is -2.05. The number of hydrogen-bond donors (Lipinski definition) is 3. The molecule has 0 fully saturated rings. The first kappa shape index (κ1) is 11.6. The molecular weight excluding hydrogens is 216 g/mol. The van der Waals surface area contributed by atoms with Crippen molar-refractivity contribution < 1.29 is 4.79 Å². The molecular formula is C12H16N4O. The highest BCUT2D eigenvalue weighted by molar-refractivity contribution is 5.97. The van der Waals surface area contributed by atoms with Gasteiger partial charge >= 0.3 is 0 Å². The number of benzene rings is 1. The number of amides is 1. The Morgan fingerprint density at radius 1 is 1.41 bits per heavy atom. The third-order valence-corrected chi connectivity index (χ3v) is 2.52. The zero-order valence-corrected chi connectivity index (χ0v) is 9.79. The topological polar surface area (TPSA) is 69.8 Å². The minimum Gasteiger partial charge on any atom is -0.351 e. The summed E-state index contributed by atoms with van der Waals surface area (Å²) >= 11 is 0. The van der Waals surface area contributed by atoms with E-state index in [9.17, 15) is 4.79 Å². The molecule has 0 radical (unpaired) electrons. The largest absolute Gasteiger partial charge is 0.351 e. The second-order valence-corrected chi connectivity index (χ2v) is 3.74. The van der Waals surface area contributed by atoms with E-state index >= 15 is 0 Å². The van der Waals surface area contributed by atoms with Gasteiger partial charge in [0.05, 0.1) is 17.4 Å². The van der Waals surface area contributed by atoms with Crippen LogP contribution >= 0.6 is 0 Å². The van der Waals surface area contributed by atoms with Crippen LogP contribution in [0.2, 0.25) is 0 Å². The lowest BCUT2D eigenvalue weighted by atomic mass is 10.2. The summed E-state index contributed by atoms with van der Waals surface area (Å²) in [6.07, 6.45) is 1.62. The smallest absolute Gasteiger partial charge is 0.251 e. The van der Waals surface area contributed by atoms with Crippen molar-refractivity contribution in [2.24, 2.45) is 0 Å². The van der Waals surface area contributed by atoms with Crippen LogP contribution in [0.3, 0.4) is 0 Å². The summed E-state index contributed by atoms with van der Waals surface area (Å²) in [5.74, 6) is -0.0561. The van der Waals surface area contributed by atoms with Gasteiger partial charge in [-0.2, -0.15) is 0 Å². The Balaban J connectivity index is 1.98. The van der Waals surface area contributed by atoms with E-state index in [1.54, 1.807) is 12.4 Å². The number of imidazole rings is 1. The first-order valence-corrected chi connectivity index (χ1v) is 5.73. The second-order valence-electron chi connectivity index (χ2n) is 3.74. The van der Waals surface area contributed by atoms with Crippen molar-refractivity contribution in [2.75, 3.05) is 19.6 Å². The number of aromatic amines is 1. The molecule has 0 aliphatic heterocycles. The summed E-state index contributed by atoms with van der Waals surface area (Å²) in [7, 11) is 0. The molecule has 1 heterocycles. The Morgan fingerprint density at radius 3 is 3.12 bits per heavy atom. The highest BCUT2D eigenvalue weighted by Gasteiger charge is 2.06. The molecule has 5 nitrogen and oxygen atoms in total. The van der Waals surface area contributed by atoms with Crippen molar-refractivity contribution in [3.05, 3.63) is 30.1 Å². The number of H-pyrrole nitrogens is 1. The zero-order valence-electron chi connectivity index (χ0n) is 9.79. The predicted molar refractivity (Wildman–Crippen MR) is 67.0 cm³/mol. The molecule has 0 unspecified atom stereocenters. The van der Waals surface area contributed by atoms with E-state index in [2.05, 4.69) is 20.6 Å². The van der Waals surface area contributed by atoms with E-state index in [1.807, 2.05) is 19.1 Å². The summed E-state index contributed by atoms with van der Waals surface area (Å²) in [5, 5.41) is 6.00. The highest BCUT2D eigenvalue weighted by Crippen LogP contribution is 2.11. The fourth-order valence-corrected chi connectivity index (χ4v) is 1.62. The normalized spacial score (nSPS) is 10.6. The summed E-state index contributed by atoms with van der Waals surface area (Å²) in [5.41, 5.74) is 2.40. The number of carbonyl (C=O) groups is 1. The van der Waals surface area contributed by atoms with Crippen LogP contribution in [0.1, 0.15) is 17.3 Å². The fourth-order valence-electron chi connectivity index (χ4n) is 1.62. The fraction of sp³-hybridized carbons (Fsp3) is 0.333. The molecule has 90 valence electrons. The quantitative estimate of drug-likeness (QED) is 0.671. The van der Waals surface area contributed by atoms with E-state index in [0.717, 1.165) is 24.1 Å². The Kier molecular flexibility index (Phi) is 3.72. The highest BCUT2D eigenvalue weighted by atomic mass is 16.1.